The number of unbranched alkanes of at least 4 members (excludes halogenated alkanes) is 1. The monoisotopic (exact) mass is 610 g/mol. The lowest BCUT2D eigenvalue weighted by atomic mass is 9.79. The van der Waals surface area contributed by atoms with Crippen LogP contribution >= 0.6 is 0 Å². The van der Waals surface area contributed by atoms with E-state index in [0.29, 0.717) is 62.5 Å². The molecule has 1 aliphatic carbocycles. The first-order valence-corrected chi connectivity index (χ1v) is 15.4. The topological polar surface area (TPSA) is 132 Å². The smallest absolute Gasteiger partial charge is 0.321 e. The van der Waals surface area contributed by atoms with Crippen LogP contribution < -0.4 is 0 Å². The van der Waals surface area contributed by atoms with Crippen LogP contribution in [0.25, 0.3) is 0 Å². The van der Waals surface area contributed by atoms with Gasteiger partial charge >= 0.3 is 6.03 Å². The Morgan fingerprint density at radius 1 is 0.778 bits per heavy atom. The Kier molecular flexibility index (Phi) is 8.53. The molecule has 1 saturated carbocycles. The van der Waals surface area contributed by atoms with Gasteiger partial charge in [0.05, 0.1) is 16.7 Å². The maximum Gasteiger partial charge on any atom is 0.333 e. The Morgan fingerprint density at radius 2 is 1.38 bits per heavy atom. The summed E-state index contributed by atoms with van der Waals surface area (Å²) in [6.07, 6.45) is 3.56. The highest BCUT2D eigenvalue weighted by atomic mass is 16.2. The van der Waals surface area contributed by atoms with E-state index >= 15 is 0 Å². The number of Topliss-reactive ketones (excluding diaryl/α,β-unsaturated/α-hetero) is 2. The zero-order valence-electron chi connectivity index (χ0n) is 24.9. The SMILES string of the molecule is O=C1CC(c2ccccc2)CC(=O)C1=CCCCN1CCN(C(=O)N2C(=O)CCC(N3C(=O)c4ccccc4C3=O)C2=O)CC1. The largest absolute Gasteiger partial charge is 0.333 e. The third-order valence-electron chi connectivity index (χ3n) is 9.12. The van der Waals surface area contributed by atoms with E-state index < -0.39 is 35.7 Å². The van der Waals surface area contributed by atoms with Crippen LogP contribution in [0.4, 0.5) is 4.79 Å². The van der Waals surface area contributed by atoms with Gasteiger partial charge in [-0.15, -0.1) is 0 Å². The molecule has 0 N–H and O–H groups in total. The molecule has 6 amide bonds. The lowest BCUT2D eigenvalue weighted by Crippen LogP contribution is -2.61. The predicted molar refractivity (Wildman–Crippen MR) is 161 cm³/mol. The maximum atomic E-state index is 13.4. The molecule has 45 heavy (non-hydrogen) atoms. The van der Waals surface area contributed by atoms with Crippen molar-refractivity contribution in [1.29, 1.82) is 0 Å². The summed E-state index contributed by atoms with van der Waals surface area (Å²) in [6, 6.07) is 14.0. The molecular formula is C34H34N4O7. The van der Waals surface area contributed by atoms with E-state index in [-0.39, 0.29) is 41.5 Å². The van der Waals surface area contributed by atoms with Crippen LogP contribution in [0.5, 0.6) is 0 Å². The number of likely N-dealkylation sites (tertiary alicyclic amines) is 1. The van der Waals surface area contributed by atoms with Crippen molar-refractivity contribution >= 4 is 41.2 Å². The molecule has 3 heterocycles. The summed E-state index contributed by atoms with van der Waals surface area (Å²) in [5, 5.41) is 0. The van der Waals surface area contributed by atoms with Crippen LogP contribution in [0.3, 0.4) is 0 Å². The zero-order valence-corrected chi connectivity index (χ0v) is 24.9. The van der Waals surface area contributed by atoms with Gasteiger partial charge < -0.3 is 4.90 Å². The molecule has 2 saturated heterocycles. The molecular weight excluding hydrogens is 576 g/mol. The lowest BCUT2D eigenvalue weighted by Gasteiger charge is -2.39. The minimum atomic E-state index is -1.22. The summed E-state index contributed by atoms with van der Waals surface area (Å²) in [4.78, 5) is 95.9. The van der Waals surface area contributed by atoms with Crippen LogP contribution in [0.15, 0.2) is 66.2 Å². The number of amides is 6. The molecule has 2 aromatic rings. The van der Waals surface area contributed by atoms with Gasteiger partial charge in [0.1, 0.15) is 6.04 Å². The summed E-state index contributed by atoms with van der Waals surface area (Å²) in [5.74, 6) is -3.01. The molecule has 2 aromatic carbocycles. The van der Waals surface area contributed by atoms with Crippen LogP contribution in [-0.4, -0.2) is 99.6 Å². The molecule has 0 radical (unpaired) electrons. The summed E-state index contributed by atoms with van der Waals surface area (Å²) >= 11 is 0. The van der Waals surface area contributed by atoms with Gasteiger partial charge in [0.2, 0.25) is 5.91 Å². The maximum absolute atomic E-state index is 13.4. The normalized spacial score (nSPS) is 22.8. The quantitative estimate of drug-likeness (QED) is 0.211. The number of imide groups is 4. The lowest BCUT2D eigenvalue weighted by molar-refractivity contribution is -0.148. The highest BCUT2D eigenvalue weighted by Gasteiger charge is 2.49. The van der Waals surface area contributed by atoms with E-state index in [2.05, 4.69) is 4.90 Å². The van der Waals surface area contributed by atoms with E-state index in [0.717, 1.165) is 16.9 Å². The first kappa shape index (κ1) is 30.3. The average Bonchev–Trinajstić information content (AvgIpc) is 3.30. The Labute approximate surface area is 260 Å². The predicted octanol–water partition coefficient (Wildman–Crippen LogP) is 2.96. The van der Waals surface area contributed by atoms with Crippen molar-refractivity contribution in [3.05, 3.63) is 82.9 Å². The van der Waals surface area contributed by atoms with Crippen molar-refractivity contribution in [2.24, 2.45) is 0 Å². The minimum Gasteiger partial charge on any atom is -0.321 e. The fourth-order valence-electron chi connectivity index (χ4n) is 6.65. The molecule has 0 bridgehead atoms. The number of hydrogen-bond acceptors (Lipinski definition) is 8. The van der Waals surface area contributed by atoms with Crippen molar-refractivity contribution in [3.63, 3.8) is 0 Å². The second kappa shape index (κ2) is 12.7. The van der Waals surface area contributed by atoms with E-state index in [1.807, 2.05) is 30.3 Å². The third kappa shape index (κ3) is 5.87. The number of rotatable bonds is 6. The Hall–Kier alpha value is -4.77. The van der Waals surface area contributed by atoms with Gasteiger partial charge in [0, 0.05) is 45.4 Å². The van der Waals surface area contributed by atoms with Crippen LogP contribution in [0.1, 0.15) is 70.7 Å². The number of ketones is 2. The Morgan fingerprint density at radius 3 is 2.00 bits per heavy atom. The van der Waals surface area contributed by atoms with E-state index in [4.69, 9.17) is 0 Å². The van der Waals surface area contributed by atoms with E-state index in [9.17, 15) is 33.6 Å². The highest BCUT2D eigenvalue weighted by Crippen LogP contribution is 2.32. The van der Waals surface area contributed by atoms with Gasteiger partial charge in [-0.3, -0.25) is 38.6 Å². The molecule has 11 nitrogen and oxygen atoms in total. The van der Waals surface area contributed by atoms with E-state index in [1.54, 1.807) is 18.2 Å². The number of hydrogen-bond donors (Lipinski definition) is 0. The number of carbonyl (C=O) groups excluding carboxylic acids is 7. The number of piperazine rings is 1. The van der Waals surface area contributed by atoms with Gasteiger partial charge in [-0.2, -0.15) is 4.90 Å². The molecule has 3 fully saturated rings. The number of piperidine rings is 1. The van der Waals surface area contributed by atoms with Crippen molar-refractivity contribution in [1.82, 2.24) is 19.6 Å². The molecule has 3 aliphatic heterocycles. The van der Waals surface area contributed by atoms with Crippen LogP contribution in [0, 0.1) is 0 Å². The molecule has 6 rings (SSSR count). The summed E-state index contributed by atoms with van der Waals surface area (Å²) in [5.41, 5.74) is 1.71. The van der Waals surface area contributed by atoms with Crippen molar-refractivity contribution in [2.45, 2.75) is 50.5 Å². The number of fused-ring (bicyclic) bond motifs is 1. The van der Waals surface area contributed by atoms with Crippen LogP contribution in [0.2, 0.25) is 0 Å². The third-order valence-corrected chi connectivity index (χ3v) is 9.12. The molecule has 0 aromatic heterocycles. The Bertz CT molecular complexity index is 1550. The number of carbonyl (C=O) groups is 7. The zero-order chi connectivity index (χ0) is 31.7. The van der Waals surface area contributed by atoms with Gasteiger partial charge in [-0.1, -0.05) is 48.5 Å². The average molecular weight is 611 g/mol. The fourth-order valence-corrected chi connectivity index (χ4v) is 6.65. The molecule has 11 heteroatoms. The van der Waals surface area contributed by atoms with Crippen LogP contribution in [-0.2, 0) is 19.2 Å². The van der Waals surface area contributed by atoms with Gasteiger partial charge in [-0.05, 0) is 49.4 Å². The fraction of sp³-hybridized carbons (Fsp3) is 0.382. The summed E-state index contributed by atoms with van der Waals surface area (Å²) in [7, 11) is 0. The number of allylic oxidation sites excluding steroid dienone is 2. The highest BCUT2D eigenvalue weighted by molar-refractivity contribution is 6.24. The first-order chi connectivity index (χ1) is 21.7. The second-order valence-electron chi connectivity index (χ2n) is 11.9. The van der Waals surface area contributed by atoms with Gasteiger partial charge in [-0.25, -0.2) is 4.79 Å². The standard InChI is InChI=1S/C34H34N4O7/c39-28-20-23(22-8-2-1-3-9-22)21-29(40)26(28)12-6-7-15-35-16-18-36(19-17-35)34(45)38-30(41)14-13-27(33(38)44)37-31(42)24-10-4-5-11-25(24)32(37)43/h1-5,8-12,23,27H,6-7,13-21H2. The number of urea groups is 1. The molecule has 1 atom stereocenters. The molecule has 4 aliphatic rings. The molecule has 1 unspecified atom stereocenters. The second-order valence-corrected chi connectivity index (χ2v) is 11.9. The minimum absolute atomic E-state index is 0.0261. The van der Waals surface area contributed by atoms with E-state index in [1.165, 1.54) is 17.0 Å². The van der Waals surface area contributed by atoms with Gasteiger partial charge in [0.25, 0.3) is 17.7 Å². The summed E-state index contributed by atoms with van der Waals surface area (Å²) in [6.45, 7) is 2.34. The first-order valence-electron chi connectivity index (χ1n) is 15.4. The summed E-state index contributed by atoms with van der Waals surface area (Å²) < 4.78 is 0. The molecule has 0 spiro atoms. The van der Waals surface area contributed by atoms with Crippen molar-refractivity contribution in [2.75, 3.05) is 32.7 Å². The van der Waals surface area contributed by atoms with Crippen molar-refractivity contribution in [3.8, 4) is 0 Å². The number of nitrogens with zero attached hydrogens (tertiary/aromatic N) is 4. The van der Waals surface area contributed by atoms with Crippen molar-refractivity contribution < 1.29 is 33.6 Å². The Balaban J connectivity index is 0.989. The number of benzene rings is 2. The van der Waals surface area contributed by atoms with Gasteiger partial charge in [0.15, 0.2) is 11.6 Å². The molecule has 232 valence electrons.